The first kappa shape index (κ1) is 24.6. The Hall–Kier alpha value is -3.52. The molecule has 0 aliphatic carbocycles. The molecule has 186 valence electrons. The number of benzene rings is 2. The predicted molar refractivity (Wildman–Crippen MR) is 138 cm³/mol. The molecule has 1 aromatic heterocycles. The summed E-state index contributed by atoms with van der Waals surface area (Å²) in [5, 5.41) is 7.83. The molecule has 0 radical (unpaired) electrons. The van der Waals surface area contributed by atoms with E-state index in [1.807, 2.05) is 41.1 Å². The molecule has 0 atom stereocenters. The molecule has 8 heteroatoms. The van der Waals surface area contributed by atoms with Crippen LogP contribution in [0.2, 0.25) is 0 Å². The van der Waals surface area contributed by atoms with Crippen LogP contribution in [0.5, 0.6) is 11.5 Å². The van der Waals surface area contributed by atoms with Crippen molar-refractivity contribution in [2.24, 2.45) is 0 Å². The highest BCUT2D eigenvalue weighted by molar-refractivity contribution is 5.78. The van der Waals surface area contributed by atoms with Crippen molar-refractivity contribution in [3.05, 3.63) is 65.5 Å². The lowest BCUT2D eigenvalue weighted by atomic mass is 10.1. The number of carbonyl (C=O) groups is 1. The van der Waals surface area contributed by atoms with Crippen molar-refractivity contribution >= 4 is 11.6 Å². The summed E-state index contributed by atoms with van der Waals surface area (Å²) >= 11 is 0. The van der Waals surface area contributed by atoms with E-state index in [2.05, 4.69) is 41.1 Å². The van der Waals surface area contributed by atoms with E-state index >= 15 is 0 Å². The van der Waals surface area contributed by atoms with E-state index in [0.717, 1.165) is 55.2 Å². The van der Waals surface area contributed by atoms with Crippen LogP contribution in [0, 0.1) is 13.8 Å². The van der Waals surface area contributed by atoms with Gasteiger partial charge in [-0.05, 0) is 50.1 Å². The van der Waals surface area contributed by atoms with Crippen LogP contribution in [0.4, 0.5) is 5.69 Å². The molecule has 0 spiro atoms. The van der Waals surface area contributed by atoms with Gasteiger partial charge in [-0.2, -0.15) is 5.10 Å². The van der Waals surface area contributed by atoms with E-state index in [0.29, 0.717) is 24.6 Å². The molecule has 1 aliphatic heterocycles. The Bertz CT molecular complexity index is 1140. The largest absolute Gasteiger partial charge is 0.493 e. The second-order valence-electron chi connectivity index (χ2n) is 8.82. The van der Waals surface area contributed by atoms with Gasteiger partial charge in [-0.15, -0.1) is 0 Å². The molecule has 0 bridgehead atoms. The fraction of sp³-hybridized carbons (Fsp3) is 0.407. The number of nitrogens with zero attached hydrogens (tertiary/aromatic N) is 4. The summed E-state index contributed by atoms with van der Waals surface area (Å²) in [6.45, 7) is 8.64. The summed E-state index contributed by atoms with van der Waals surface area (Å²) in [5.41, 5.74) is 5.55. The van der Waals surface area contributed by atoms with E-state index in [1.165, 1.54) is 5.69 Å². The van der Waals surface area contributed by atoms with E-state index in [4.69, 9.17) is 14.6 Å². The van der Waals surface area contributed by atoms with Crippen molar-refractivity contribution in [3.63, 3.8) is 0 Å². The summed E-state index contributed by atoms with van der Waals surface area (Å²) in [6.07, 6.45) is 0.740. The number of ether oxygens (including phenoxy) is 2. The number of aromatic nitrogens is 2. The monoisotopic (exact) mass is 477 g/mol. The lowest BCUT2D eigenvalue weighted by Gasteiger charge is -2.35. The molecular weight excluding hydrogens is 442 g/mol. The van der Waals surface area contributed by atoms with Crippen LogP contribution in [0.3, 0.4) is 0 Å². The third-order valence-corrected chi connectivity index (χ3v) is 6.49. The third-order valence-electron chi connectivity index (χ3n) is 6.49. The molecule has 1 amide bonds. The minimum Gasteiger partial charge on any atom is -0.493 e. The molecule has 35 heavy (non-hydrogen) atoms. The van der Waals surface area contributed by atoms with Crippen LogP contribution in [-0.2, 0) is 11.2 Å². The van der Waals surface area contributed by atoms with Crippen LogP contribution in [0.25, 0.3) is 5.69 Å². The van der Waals surface area contributed by atoms with Gasteiger partial charge in [0.15, 0.2) is 11.5 Å². The average molecular weight is 478 g/mol. The Balaban J connectivity index is 1.25. The van der Waals surface area contributed by atoms with Crippen molar-refractivity contribution in [2.45, 2.75) is 20.3 Å². The molecule has 4 rings (SSSR count). The van der Waals surface area contributed by atoms with Crippen LogP contribution in [0.1, 0.15) is 17.0 Å². The Morgan fingerprint density at radius 2 is 1.69 bits per heavy atom. The SMILES string of the molecule is COc1ccc(CCNC(=O)CN2CCN(c3c(C)nn(-c4ccccc4)c3C)CC2)cc1OC. The first-order valence-corrected chi connectivity index (χ1v) is 12.1. The van der Waals surface area contributed by atoms with Gasteiger partial charge < -0.3 is 19.7 Å². The Kier molecular flexibility index (Phi) is 7.92. The summed E-state index contributed by atoms with van der Waals surface area (Å²) < 4.78 is 12.7. The van der Waals surface area contributed by atoms with Crippen LogP contribution in [0.15, 0.2) is 48.5 Å². The zero-order chi connectivity index (χ0) is 24.8. The number of para-hydroxylation sites is 1. The van der Waals surface area contributed by atoms with Gasteiger partial charge >= 0.3 is 0 Å². The smallest absolute Gasteiger partial charge is 0.234 e. The number of hydrogen-bond acceptors (Lipinski definition) is 6. The number of amides is 1. The molecule has 2 aromatic carbocycles. The molecule has 1 fully saturated rings. The molecule has 2 heterocycles. The normalized spacial score (nSPS) is 14.1. The number of aryl methyl sites for hydroxylation is 1. The van der Waals surface area contributed by atoms with Crippen LogP contribution in [-0.4, -0.2) is 74.1 Å². The van der Waals surface area contributed by atoms with Crippen molar-refractivity contribution in [2.75, 3.05) is 58.4 Å². The fourth-order valence-corrected chi connectivity index (χ4v) is 4.68. The van der Waals surface area contributed by atoms with E-state index in [9.17, 15) is 4.79 Å². The molecule has 3 aromatic rings. The zero-order valence-corrected chi connectivity index (χ0v) is 21.1. The van der Waals surface area contributed by atoms with Crippen molar-refractivity contribution in [3.8, 4) is 17.2 Å². The van der Waals surface area contributed by atoms with E-state index in [-0.39, 0.29) is 5.91 Å². The van der Waals surface area contributed by atoms with Gasteiger partial charge in [-0.25, -0.2) is 4.68 Å². The minimum atomic E-state index is 0.0585. The molecule has 0 unspecified atom stereocenters. The number of rotatable bonds is 9. The predicted octanol–water partition coefficient (Wildman–Crippen LogP) is 2.99. The highest BCUT2D eigenvalue weighted by Gasteiger charge is 2.24. The van der Waals surface area contributed by atoms with E-state index < -0.39 is 0 Å². The van der Waals surface area contributed by atoms with Crippen LogP contribution >= 0.6 is 0 Å². The molecule has 1 aliphatic rings. The summed E-state index contributed by atoms with van der Waals surface area (Å²) in [6, 6.07) is 16.1. The number of piperazine rings is 1. The lowest BCUT2D eigenvalue weighted by molar-refractivity contribution is -0.122. The number of anilines is 1. The standard InChI is InChI=1S/C27H35N5O3/c1-20-27(21(2)32(29-20)23-8-6-5-7-9-23)31-16-14-30(15-17-31)19-26(33)28-13-12-22-10-11-24(34-3)25(18-22)35-4/h5-11,18H,12-17,19H2,1-4H3,(H,28,33). The van der Waals surface area contributed by atoms with Gasteiger partial charge in [0.1, 0.15) is 0 Å². The summed E-state index contributed by atoms with van der Waals surface area (Å²) in [5.74, 6) is 1.47. The van der Waals surface area contributed by atoms with Crippen molar-refractivity contribution in [1.82, 2.24) is 20.0 Å². The molecule has 1 saturated heterocycles. The molecule has 1 N–H and O–H groups in total. The maximum absolute atomic E-state index is 12.5. The van der Waals surface area contributed by atoms with Gasteiger partial charge in [0.25, 0.3) is 0 Å². The van der Waals surface area contributed by atoms with Crippen molar-refractivity contribution in [1.29, 1.82) is 0 Å². The van der Waals surface area contributed by atoms with Gasteiger partial charge in [-0.1, -0.05) is 24.3 Å². The van der Waals surface area contributed by atoms with Crippen LogP contribution < -0.4 is 19.7 Å². The second-order valence-corrected chi connectivity index (χ2v) is 8.82. The Labute approximate surface area is 207 Å². The van der Waals surface area contributed by atoms with Gasteiger partial charge in [0.05, 0.1) is 43.5 Å². The maximum atomic E-state index is 12.5. The Morgan fingerprint density at radius 3 is 2.37 bits per heavy atom. The number of methoxy groups -OCH3 is 2. The number of carbonyl (C=O) groups excluding carboxylic acids is 1. The third kappa shape index (κ3) is 5.77. The Morgan fingerprint density at radius 1 is 0.971 bits per heavy atom. The first-order valence-electron chi connectivity index (χ1n) is 12.1. The summed E-state index contributed by atoms with van der Waals surface area (Å²) in [7, 11) is 3.25. The van der Waals surface area contributed by atoms with Gasteiger partial charge in [0.2, 0.25) is 5.91 Å². The fourth-order valence-electron chi connectivity index (χ4n) is 4.68. The molecule has 8 nitrogen and oxygen atoms in total. The maximum Gasteiger partial charge on any atom is 0.234 e. The second kappa shape index (κ2) is 11.3. The number of nitrogens with one attached hydrogen (secondary N) is 1. The highest BCUT2D eigenvalue weighted by Crippen LogP contribution is 2.28. The first-order chi connectivity index (χ1) is 17.0. The summed E-state index contributed by atoms with van der Waals surface area (Å²) in [4.78, 5) is 17.1. The minimum absolute atomic E-state index is 0.0585. The highest BCUT2D eigenvalue weighted by atomic mass is 16.5. The lowest BCUT2D eigenvalue weighted by Crippen LogP contribution is -2.49. The van der Waals surface area contributed by atoms with Crippen molar-refractivity contribution < 1.29 is 14.3 Å². The topological polar surface area (TPSA) is 71.9 Å². The number of hydrogen-bond donors (Lipinski definition) is 1. The average Bonchev–Trinajstić information content (AvgIpc) is 3.18. The van der Waals surface area contributed by atoms with Gasteiger partial charge in [0, 0.05) is 32.7 Å². The molecule has 0 saturated carbocycles. The van der Waals surface area contributed by atoms with Gasteiger partial charge in [-0.3, -0.25) is 9.69 Å². The molecular formula is C27H35N5O3. The van der Waals surface area contributed by atoms with E-state index in [1.54, 1.807) is 14.2 Å². The quantitative estimate of drug-likeness (QED) is 0.511. The zero-order valence-electron chi connectivity index (χ0n) is 21.1.